The van der Waals surface area contributed by atoms with E-state index in [2.05, 4.69) is 19.2 Å². The lowest BCUT2D eigenvalue weighted by molar-refractivity contribution is -0.384. The van der Waals surface area contributed by atoms with Crippen LogP contribution < -0.4 is 5.32 Å². The number of nitriles is 1. The molecule has 1 N–H and O–H groups in total. The minimum atomic E-state index is -0.511. The molecule has 18 heavy (non-hydrogen) atoms. The van der Waals surface area contributed by atoms with Gasteiger partial charge in [0.1, 0.15) is 17.3 Å². The first kappa shape index (κ1) is 14.0. The minimum Gasteiger partial charge on any atom is -0.379 e. The number of para-hydroxylation sites is 1. The Hall–Kier alpha value is -2.09. The molecule has 0 radical (unpaired) electrons. The van der Waals surface area contributed by atoms with Crippen molar-refractivity contribution in [3.8, 4) is 6.07 Å². The monoisotopic (exact) mass is 247 g/mol. The van der Waals surface area contributed by atoms with Crippen LogP contribution in [0.25, 0.3) is 0 Å². The Labute approximate surface area is 107 Å². The summed E-state index contributed by atoms with van der Waals surface area (Å²) in [5.41, 5.74) is 0.376. The second kappa shape index (κ2) is 6.60. The van der Waals surface area contributed by atoms with Crippen molar-refractivity contribution in [1.29, 1.82) is 5.26 Å². The molecule has 1 rings (SSSR count). The van der Waals surface area contributed by atoms with E-state index >= 15 is 0 Å². The van der Waals surface area contributed by atoms with Crippen molar-refractivity contribution in [2.45, 2.75) is 26.7 Å². The molecule has 5 heteroatoms. The molecule has 0 bridgehead atoms. The Bertz CT molecular complexity index is 464. The van der Waals surface area contributed by atoms with Gasteiger partial charge in [-0.3, -0.25) is 10.1 Å². The lowest BCUT2D eigenvalue weighted by Gasteiger charge is -2.08. The van der Waals surface area contributed by atoms with Crippen molar-refractivity contribution >= 4 is 11.4 Å². The average Bonchev–Trinajstić information content (AvgIpc) is 2.33. The fourth-order valence-electron chi connectivity index (χ4n) is 1.71. The molecule has 0 aliphatic carbocycles. The second-order valence-electron chi connectivity index (χ2n) is 4.53. The maximum atomic E-state index is 11.0. The summed E-state index contributed by atoms with van der Waals surface area (Å²) in [6.45, 7) is 4.95. The maximum Gasteiger partial charge on any atom is 0.309 e. The van der Waals surface area contributed by atoms with Crippen LogP contribution in [0.5, 0.6) is 0 Å². The summed E-state index contributed by atoms with van der Waals surface area (Å²) in [6.07, 6.45) is 2.02. The van der Waals surface area contributed by atoms with Crippen molar-refractivity contribution in [2.24, 2.45) is 5.92 Å². The number of rotatable bonds is 6. The fraction of sp³-hybridized carbons (Fsp3) is 0.462. The van der Waals surface area contributed by atoms with Crippen LogP contribution in [0.1, 0.15) is 32.3 Å². The van der Waals surface area contributed by atoms with Crippen molar-refractivity contribution in [2.75, 3.05) is 11.9 Å². The molecular formula is C13H17N3O2. The lowest BCUT2D eigenvalue weighted by Crippen LogP contribution is -2.06. The third kappa shape index (κ3) is 3.74. The topological polar surface area (TPSA) is 79.0 Å². The first-order chi connectivity index (χ1) is 8.56. The van der Waals surface area contributed by atoms with Crippen LogP contribution >= 0.6 is 0 Å². The van der Waals surface area contributed by atoms with E-state index in [0.717, 1.165) is 12.8 Å². The van der Waals surface area contributed by atoms with E-state index in [-0.39, 0.29) is 11.3 Å². The van der Waals surface area contributed by atoms with E-state index in [9.17, 15) is 10.1 Å². The molecule has 0 saturated carbocycles. The van der Waals surface area contributed by atoms with Crippen molar-refractivity contribution in [1.82, 2.24) is 0 Å². The lowest BCUT2D eigenvalue weighted by atomic mass is 10.1. The van der Waals surface area contributed by atoms with E-state index in [0.29, 0.717) is 18.2 Å². The molecule has 5 nitrogen and oxygen atoms in total. The summed E-state index contributed by atoms with van der Waals surface area (Å²) in [5.74, 6) is 0.618. The first-order valence-electron chi connectivity index (χ1n) is 5.97. The number of hydrogen-bond donors (Lipinski definition) is 1. The highest BCUT2D eigenvalue weighted by atomic mass is 16.6. The van der Waals surface area contributed by atoms with E-state index in [4.69, 9.17) is 5.26 Å². The van der Waals surface area contributed by atoms with Crippen LogP contribution in [-0.2, 0) is 0 Å². The van der Waals surface area contributed by atoms with Gasteiger partial charge in [0.2, 0.25) is 0 Å². The van der Waals surface area contributed by atoms with Gasteiger partial charge < -0.3 is 5.32 Å². The molecule has 0 spiro atoms. The molecule has 0 fully saturated rings. The number of hydrogen-bond acceptors (Lipinski definition) is 4. The van der Waals surface area contributed by atoms with Crippen molar-refractivity contribution in [3.05, 3.63) is 33.9 Å². The zero-order valence-electron chi connectivity index (χ0n) is 10.6. The molecule has 0 aliphatic heterocycles. The summed E-state index contributed by atoms with van der Waals surface area (Å²) in [6, 6.07) is 6.58. The standard InChI is InChI=1S/C13H17N3O2/c1-10(2)5-4-8-15-12-7-3-6-11(9-14)13(12)16(17)18/h3,6-7,10,15H,4-5,8H2,1-2H3. The van der Waals surface area contributed by atoms with Gasteiger partial charge in [0.25, 0.3) is 0 Å². The zero-order chi connectivity index (χ0) is 13.5. The predicted molar refractivity (Wildman–Crippen MR) is 70.4 cm³/mol. The molecule has 1 aromatic carbocycles. The molecule has 96 valence electrons. The normalized spacial score (nSPS) is 10.1. The van der Waals surface area contributed by atoms with Crippen LogP contribution in [0.3, 0.4) is 0 Å². The Morgan fingerprint density at radius 3 is 2.78 bits per heavy atom. The number of benzene rings is 1. The Kier molecular flexibility index (Phi) is 5.12. The highest BCUT2D eigenvalue weighted by molar-refractivity contribution is 5.68. The highest BCUT2D eigenvalue weighted by Crippen LogP contribution is 2.27. The molecule has 0 heterocycles. The number of nitro benzene ring substituents is 1. The summed E-state index contributed by atoms with van der Waals surface area (Å²) in [7, 11) is 0. The molecule has 0 aliphatic rings. The molecule has 1 aromatic rings. The van der Waals surface area contributed by atoms with Gasteiger partial charge in [0.15, 0.2) is 0 Å². The van der Waals surface area contributed by atoms with E-state index in [1.165, 1.54) is 6.07 Å². The Morgan fingerprint density at radius 1 is 1.50 bits per heavy atom. The predicted octanol–water partition coefficient (Wildman–Crippen LogP) is 3.31. The van der Waals surface area contributed by atoms with E-state index in [1.807, 2.05) is 6.07 Å². The first-order valence-corrected chi connectivity index (χ1v) is 5.97. The quantitative estimate of drug-likeness (QED) is 0.475. The van der Waals surface area contributed by atoms with E-state index < -0.39 is 4.92 Å². The molecular weight excluding hydrogens is 230 g/mol. The smallest absolute Gasteiger partial charge is 0.309 e. The SMILES string of the molecule is CC(C)CCCNc1cccc(C#N)c1[N+](=O)[O-]. The highest BCUT2D eigenvalue weighted by Gasteiger charge is 2.18. The largest absolute Gasteiger partial charge is 0.379 e. The van der Waals surface area contributed by atoms with Crippen LogP contribution in [0.15, 0.2) is 18.2 Å². The third-order valence-electron chi connectivity index (χ3n) is 2.61. The Balaban J connectivity index is 2.77. The average molecular weight is 247 g/mol. The van der Waals surface area contributed by atoms with Gasteiger partial charge in [-0.25, -0.2) is 0 Å². The van der Waals surface area contributed by atoms with Gasteiger partial charge in [-0.15, -0.1) is 0 Å². The van der Waals surface area contributed by atoms with Crippen molar-refractivity contribution < 1.29 is 4.92 Å². The minimum absolute atomic E-state index is 0.0915. The number of nitrogens with one attached hydrogen (secondary N) is 1. The van der Waals surface area contributed by atoms with Gasteiger partial charge >= 0.3 is 5.69 Å². The maximum absolute atomic E-state index is 11.0. The summed E-state index contributed by atoms with van der Waals surface area (Å²) in [4.78, 5) is 10.4. The summed E-state index contributed by atoms with van der Waals surface area (Å²) >= 11 is 0. The van der Waals surface area contributed by atoms with Gasteiger partial charge in [-0.05, 0) is 30.9 Å². The molecule has 0 unspecified atom stereocenters. The summed E-state index contributed by atoms with van der Waals surface area (Å²) in [5, 5.41) is 22.8. The zero-order valence-corrected chi connectivity index (χ0v) is 10.6. The van der Waals surface area contributed by atoms with Crippen molar-refractivity contribution in [3.63, 3.8) is 0 Å². The number of nitro groups is 1. The van der Waals surface area contributed by atoms with Gasteiger partial charge in [-0.2, -0.15) is 5.26 Å². The molecule has 0 amide bonds. The number of anilines is 1. The van der Waals surface area contributed by atoms with E-state index in [1.54, 1.807) is 12.1 Å². The molecule has 0 saturated heterocycles. The van der Waals surface area contributed by atoms with Gasteiger partial charge in [0, 0.05) is 6.54 Å². The van der Waals surface area contributed by atoms with Gasteiger partial charge in [0.05, 0.1) is 4.92 Å². The fourth-order valence-corrected chi connectivity index (χ4v) is 1.71. The van der Waals surface area contributed by atoms with Gasteiger partial charge in [-0.1, -0.05) is 19.9 Å². The third-order valence-corrected chi connectivity index (χ3v) is 2.61. The van der Waals surface area contributed by atoms with Crippen LogP contribution in [0.2, 0.25) is 0 Å². The molecule has 0 atom stereocenters. The van der Waals surface area contributed by atoms with Crippen LogP contribution in [-0.4, -0.2) is 11.5 Å². The van der Waals surface area contributed by atoms with Crippen LogP contribution in [0.4, 0.5) is 11.4 Å². The van der Waals surface area contributed by atoms with Crippen LogP contribution in [0, 0.1) is 27.4 Å². The molecule has 0 aromatic heterocycles. The summed E-state index contributed by atoms with van der Waals surface area (Å²) < 4.78 is 0. The Morgan fingerprint density at radius 2 is 2.22 bits per heavy atom. The number of nitrogens with zero attached hydrogens (tertiary/aromatic N) is 2. The second-order valence-corrected chi connectivity index (χ2v) is 4.53.